The van der Waals surface area contributed by atoms with Crippen molar-refractivity contribution < 1.29 is 14.2 Å². The molecule has 1 aromatic carbocycles. The first-order valence-corrected chi connectivity index (χ1v) is 7.82. The van der Waals surface area contributed by atoms with E-state index in [1.54, 1.807) is 0 Å². The molecule has 4 rings (SSSR count). The Bertz CT molecular complexity index is 655. The molecule has 0 bridgehead atoms. The highest BCUT2D eigenvalue weighted by molar-refractivity contribution is 5.80. The van der Waals surface area contributed by atoms with Crippen LogP contribution in [-0.4, -0.2) is 43.2 Å². The van der Waals surface area contributed by atoms with Crippen molar-refractivity contribution in [3.63, 3.8) is 0 Å². The van der Waals surface area contributed by atoms with Gasteiger partial charge in [-0.05, 0) is 18.2 Å². The molecule has 3 heterocycles. The van der Waals surface area contributed by atoms with E-state index >= 15 is 0 Å². The molecule has 1 atom stereocenters. The predicted molar refractivity (Wildman–Crippen MR) is 83.8 cm³/mol. The number of nitrogens with one attached hydrogen (secondary N) is 1. The van der Waals surface area contributed by atoms with Crippen molar-refractivity contribution in [1.29, 1.82) is 0 Å². The smallest absolute Gasteiger partial charge is 0.173 e. The molecule has 0 amide bonds. The zero-order valence-electron chi connectivity index (χ0n) is 12.5. The van der Waals surface area contributed by atoms with Gasteiger partial charge >= 0.3 is 0 Å². The Labute approximate surface area is 129 Å². The monoisotopic (exact) mass is 300 g/mol. The number of hydrogen-bond acceptors (Lipinski definition) is 5. The molecule has 5 heteroatoms. The zero-order chi connectivity index (χ0) is 14.8. The highest BCUT2D eigenvalue weighted by Crippen LogP contribution is 2.33. The van der Waals surface area contributed by atoms with Crippen molar-refractivity contribution >= 4 is 16.7 Å². The number of pyridine rings is 1. The molecule has 2 aromatic rings. The van der Waals surface area contributed by atoms with Gasteiger partial charge in [0.1, 0.15) is 11.9 Å². The molecule has 1 N–H and O–H groups in total. The van der Waals surface area contributed by atoms with Crippen LogP contribution in [0.3, 0.4) is 0 Å². The highest BCUT2D eigenvalue weighted by Gasteiger charge is 2.42. The first-order chi connectivity index (χ1) is 10.8. The topological polar surface area (TPSA) is 52.6 Å². The number of ether oxygens (including phenoxy) is 3. The minimum Gasteiger partial charge on any atom is -0.381 e. The van der Waals surface area contributed by atoms with Crippen LogP contribution >= 0.6 is 0 Å². The van der Waals surface area contributed by atoms with Crippen molar-refractivity contribution in [3.05, 3.63) is 36.4 Å². The molecule has 22 heavy (non-hydrogen) atoms. The van der Waals surface area contributed by atoms with Crippen LogP contribution in [0.1, 0.15) is 12.8 Å². The van der Waals surface area contributed by atoms with E-state index in [9.17, 15) is 0 Å². The third-order valence-corrected chi connectivity index (χ3v) is 4.28. The second kappa shape index (κ2) is 5.83. The maximum absolute atomic E-state index is 6.11. The first-order valence-electron chi connectivity index (χ1n) is 7.82. The third-order valence-electron chi connectivity index (χ3n) is 4.28. The molecule has 116 valence electrons. The summed E-state index contributed by atoms with van der Waals surface area (Å²) in [7, 11) is 0. The lowest BCUT2D eigenvalue weighted by atomic mass is 10.1. The molecule has 0 aliphatic carbocycles. The quantitative estimate of drug-likeness (QED) is 0.944. The molecular formula is C17H20N2O3. The molecule has 5 nitrogen and oxygen atoms in total. The summed E-state index contributed by atoms with van der Waals surface area (Å²) in [6.07, 6.45) is 1.70. The molecular weight excluding hydrogens is 280 g/mol. The van der Waals surface area contributed by atoms with E-state index in [0.29, 0.717) is 26.4 Å². The van der Waals surface area contributed by atoms with Gasteiger partial charge < -0.3 is 19.5 Å². The molecule has 2 saturated heterocycles. The Morgan fingerprint density at radius 3 is 2.91 bits per heavy atom. The van der Waals surface area contributed by atoms with Gasteiger partial charge in [-0.15, -0.1) is 0 Å². The van der Waals surface area contributed by atoms with Crippen molar-refractivity contribution in [3.8, 4) is 0 Å². The van der Waals surface area contributed by atoms with E-state index in [1.165, 1.54) is 0 Å². The van der Waals surface area contributed by atoms with Gasteiger partial charge in [-0.2, -0.15) is 0 Å². The summed E-state index contributed by atoms with van der Waals surface area (Å²) in [5, 5.41) is 4.50. The van der Waals surface area contributed by atoms with Crippen LogP contribution in [0.25, 0.3) is 10.9 Å². The lowest BCUT2D eigenvalue weighted by Crippen LogP contribution is -2.38. The number of para-hydroxylation sites is 1. The zero-order valence-corrected chi connectivity index (χ0v) is 12.5. The standard InChI is InChI=1S/C17H20N2O3/c1-2-4-15-13(3-1)5-6-16(19-15)18-11-14-12-21-17(22-14)7-9-20-10-8-17/h1-6,14H,7-12H2,(H,18,19)/t14-/m1/s1. The van der Waals surface area contributed by atoms with Crippen LogP contribution in [-0.2, 0) is 14.2 Å². The van der Waals surface area contributed by atoms with Crippen molar-refractivity contribution in [2.24, 2.45) is 0 Å². The van der Waals surface area contributed by atoms with Crippen molar-refractivity contribution in [2.45, 2.75) is 24.7 Å². The van der Waals surface area contributed by atoms with Gasteiger partial charge in [-0.3, -0.25) is 0 Å². The summed E-state index contributed by atoms with van der Waals surface area (Å²) in [6.45, 7) is 2.76. The largest absolute Gasteiger partial charge is 0.381 e. The summed E-state index contributed by atoms with van der Waals surface area (Å²) in [6, 6.07) is 12.2. The molecule has 2 aliphatic heterocycles. The normalized spacial score (nSPS) is 23.9. The fourth-order valence-corrected chi connectivity index (χ4v) is 3.04. The van der Waals surface area contributed by atoms with Gasteiger partial charge in [0.15, 0.2) is 5.79 Å². The summed E-state index contributed by atoms with van der Waals surface area (Å²) >= 11 is 0. The van der Waals surface area contributed by atoms with Gasteiger partial charge in [0.2, 0.25) is 0 Å². The number of aromatic nitrogens is 1. The Kier molecular flexibility index (Phi) is 3.70. The van der Waals surface area contributed by atoms with E-state index in [0.717, 1.165) is 29.6 Å². The average molecular weight is 300 g/mol. The Balaban J connectivity index is 1.38. The van der Waals surface area contributed by atoms with Crippen LogP contribution in [0, 0.1) is 0 Å². The van der Waals surface area contributed by atoms with Gasteiger partial charge in [-0.1, -0.05) is 18.2 Å². The van der Waals surface area contributed by atoms with Crippen LogP contribution in [0.4, 0.5) is 5.82 Å². The number of benzene rings is 1. The summed E-state index contributed by atoms with van der Waals surface area (Å²) in [4.78, 5) is 4.61. The Morgan fingerprint density at radius 2 is 2.00 bits per heavy atom. The number of fused-ring (bicyclic) bond motifs is 1. The second-order valence-electron chi connectivity index (χ2n) is 5.84. The summed E-state index contributed by atoms with van der Waals surface area (Å²) < 4.78 is 17.4. The third kappa shape index (κ3) is 2.79. The molecule has 1 aromatic heterocycles. The van der Waals surface area contributed by atoms with Crippen molar-refractivity contribution in [1.82, 2.24) is 4.98 Å². The van der Waals surface area contributed by atoms with Crippen molar-refractivity contribution in [2.75, 3.05) is 31.7 Å². The molecule has 0 unspecified atom stereocenters. The maximum atomic E-state index is 6.11. The number of nitrogens with zero attached hydrogens (tertiary/aromatic N) is 1. The van der Waals surface area contributed by atoms with Crippen LogP contribution in [0.2, 0.25) is 0 Å². The molecule has 0 radical (unpaired) electrons. The Hall–Kier alpha value is -1.69. The fourth-order valence-electron chi connectivity index (χ4n) is 3.04. The van der Waals surface area contributed by atoms with Gasteiger partial charge in [0, 0.05) is 24.8 Å². The molecule has 0 saturated carbocycles. The lowest BCUT2D eigenvalue weighted by Gasteiger charge is -2.31. The SMILES string of the molecule is c1ccc2nc(NC[C@@H]3COC4(CCOCC4)O3)ccc2c1. The van der Waals surface area contributed by atoms with Crippen LogP contribution in [0.5, 0.6) is 0 Å². The first kappa shape index (κ1) is 13.9. The highest BCUT2D eigenvalue weighted by atomic mass is 16.7. The van der Waals surface area contributed by atoms with E-state index in [1.807, 2.05) is 24.3 Å². The van der Waals surface area contributed by atoms with Gasteiger partial charge in [-0.25, -0.2) is 4.98 Å². The van der Waals surface area contributed by atoms with Crippen LogP contribution < -0.4 is 5.32 Å². The molecule has 1 spiro atoms. The number of rotatable bonds is 3. The summed E-state index contributed by atoms with van der Waals surface area (Å²) in [5.41, 5.74) is 0.997. The maximum Gasteiger partial charge on any atom is 0.173 e. The van der Waals surface area contributed by atoms with E-state index in [2.05, 4.69) is 22.4 Å². The van der Waals surface area contributed by atoms with E-state index < -0.39 is 5.79 Å². The lowest BCUT2D eigenvalue weighted by molar-refractivity contribution is -0.209. The average Bonchev–Trinajstić information content (AvgIpc) is 2.96. The van der Waals surface area contributed by atoms with Crippen LogP contribution in [0.15, 0.2) is 36.4 Å². The van der Waals surface area contributed by atoms with E-state index in [4.69, 9.17) is 14.2 Å². The van der Waals surface area contributed by atoms with Gasteiger partial charge in [0.05, 0.1) is 25.3 Å². The minimum absolute atomic E-state index is 0.0615. The molecule has 2 fully saturated rings. The number of hydrogen-bond donors (Lipinski definition) is 1. The summed E-state index contributed by atoms with van der Waals surface area (Å²) in [5.74, 6) is 0.455. The fraction of sp³-hybridized carbons (Fsp3) is 0.471. The van der Waals surface area contributed by atoms with Gasteiger partial charge in [0.25, 0.3) is 0 Å². The molecule has 2 aliphatic rings. The minimum atomic E-state index is -0.415. The second-order valence-corrected chi connectivity index (χ2v) is 5.84. The number of anilines is 1. The Morgan fingerprint density at radius 1 is 1.14 bits per heavy atom. The van der Waals surface area contributed by atoms with E-state index in [-0.39, 0.29) is 6.10 Å². The predicted octanol–water partition coefficient (Wildman–Crippen LogP) is 2.57.